The van der Waals surface area contributed by atoms with Gasteiger partial charge in [0.25, 0.3) is 11.8 Å². The number of carbonyl (C=O) groups is 2. The van der Waals surface area contributed by atoms with E-state index >= 15 is 0 Å². The molecule has 0 atom stereocenters. The second kappa shape index (κ2) is 7.02. The predicted molar refractivity (Wildman–Crippen MR) is 110 cm³/mol. The maximum Gasteiger partial charge on any atom is 0.282 e. The van der Waals surface area contributed by atoms with Crippen LogP contribution in [-0.2, 0) is 9.59 Å². The van der Waals surface area contributed by atoms with Crippen LogP contribution in [0.5, 0.6) is 0 Å². The minimum absolute atomic E-state index is 0.284. The lowest BCUT2D eigenvalue weighted by Gasteiger charge is -2.15. The molecule has 0 saturated carbocycles. The summed E-state index contributed by atoms with van der Waals surface area (Å²) in [7, 11) is 0. The molecular weight excluding hydrogens is 380 g/mol. The van der Waals surface area contributed by atoms with Crippen molar-refractivity contribution in [3.8, 4) is 0 Å². The van der Waals surface area contributed by atoms with Gasteiger partial charge in [-0.1, -0.05) is 35.9 Å². The summed E-state index contributed by atoms with van der Waals surface area (Å²) in [6.45, 7) is 1.95. The third-order valence-electron chi connectivity index (χ3n) is 4.34. The first-order chi connectivity index (χ1) is 13.1. The third-order valence-corrected chi connectivity index (χ3v) is 5.48. The van der Waals surface area contributed by atoms with E-state index in [4.69, 9.17) is 11.6 Å². The molecule has 2 amide bonds. The quantitative estimate of drug-likeness (QED) is 0.626. The number of thiophene rings is 1. The summed E-state index contributed by atoms with van der Waals surface area (Å²) in [6.07, 6.45) is 0. The van der Waals surface area contributed by atoms with Crippen LogP contribution in [0.15, 0.2) is 71.7 Å². The fourth-order valence-electron chi connectivity index (χ4n) is 2.97. The van der Waals surface area contributed by atoms with E-state index in [1.54, 1.807) is 24.3 Å². The lowest BCUT2D eigenvalue weighted by Crippen LogP contribution is -2.32. The van der Waals surface area contributed by atoms with Gasteiger partial charge in [0.05, 0.1) is 11.3 Å². The molecule has 134 valence electrons. The Hall–Kier alpha value is -2.89. The first-order valence-electron chi connectivity index (χ1n) is 8.31. The third kappa shape index (κ3) is 3.16. The molecule has 6 heteroatoms. The minimum Gasteiger partial charge on any atom is -0.350 e. The number of amides is 2. The van der Waals surface area contributed by atoms with Crippen molar-refractivity contribution < 1.29 is 9.59 Å². The largest absolute Gasteiger partial charge is 0.350 e. The number of hydrogen-bond donors (Lipinski definition) is 1. The molecule has 0 radical (unpaired) electrons. The molecular formula is C21H15ClN2O2S. The van der Waals surface area contributed by atoms with E-state index in [-0.39, 0.29) is 17.5 Å². The van der Waals surface area contributed by atoms with Crippen molar-refractivity contribution in [2.75, 3.05) is 10.2 Å². The molecule has 0 fully saturated rings. The molecule has 4 nitrogen and oxygen atoms in total. The number of carbonyl (C=O) groups excluding carboxylic acids is 2. The lowest BCUT2D eigenvalue weighted by molar-refractivity contribution is -0.120. The molecule has 0 aliphatic carbocycles. The normalized spacial score (nSPS) is 14.2. The summed E-state index contributed by atoms with van der Waals surface area (Å²) in [5, 5.41) is 5.62. The van der Waals surface area contributed by atoms with Gasteiger partial charge in [0.2, 0.25) is 0 Å². The number of aryl methyl sites for hydroxylation is 1. The second-order valence-electron chi connectivity index (χ2n) is 6.09. The maximum atomic E-state index is 13.2. The van der Waals surface area contributed by atoms with Crippen molar-refractivity contribution in [2.45, 2.75) is 6.92 Å². The van der Waals surface area contributed by atoms with Gasteiger partial charge in [-0.15, -0.1) is 11.3 Å². The summed E-state index contributed by atoms with van der Waals surface area (Å²) in [5.41, 5.74) is 2.94. The average Bonchev–Trinajstić information content (AvgIpc) is 3.25. The van der Waals surface area contributed by atoms with Gasteiger partial charge in [-0.05, 0) is 54.3 Å². The van der Waals surface area contributed by atoms with E-state index in [1.165, 1.54) is 16.2 Å². The van der Waals surface area contributed by atoms with Gasteiger partial charge in [0.15, 0.2) is 0 Å². The van der Waals surface area contributed by atoms with E-state index in [9.17, 15) is 9.59 Å². The lowest BCUT2D eigenvalue weighted by atomic mass is 10.1. The summed E-state index contributed by atoms with van der Waals surface area (Å²) >= 11 is 7.37. The fourth-order valence-corrected chi connectivity index (χ4v) is 3.86. The fraction of sp³-hybridized carbons (Fsp3) is 0.0476. The first kappa shape index (κ1) is 17.5. The first-order valence-corrected chi connectivity index (χ1v) is 9.57. The Balaban J connectivity index is 1.81. The summed E-state index contributed by atoms with van der Waals surface area (Å²) in [6, 6.07) is 18.0. The summed E-state index contributed by atoms with van der Waals surface area (Å²) < 4.78 is 0. The van der Waals surface area contributed by atoms with Crippen molar-refractivity contribution in [3.63, 3.8) is 0 Å². The van der Waals surface area contributed by atoms with Gasteiger partial charge < -0.3 is 5.32 Å². The van der Waals surface area contributed by atoms with Crippen molar-refractivity contribution >= 4 is 51.7 Å². The molecule has 27 heavy (non-hydrogen) atoms. The molecule has 1 aliphatic rings. The van der Waals surface area contributed by atoms with Crippen LogP contribution < -0.4 is 10.2 Å². The zero-order valence-electron chi connectivity index (χ0n) is 14.4. The highest BCUT2D eigenvalue weighted by molar-refractivity contribution is 7.11. The summed E-state index contributed by atoms with van der Waals surface area (Å²) in [4.78, 5) is 28.3. The number of hydrogen-bond acceptors (Lipinski definition) is 4. The van der Waals surface area contributed by atoms with Gasteiger partial charge in [-0.3, -0.25) is 9.59 Å². The highest BCUT2D eigenvalue weighted by Gasteiger charge is 2.40. The van der Waals surface area contributed by atoms with Crippen LogP contribution in [0.25, 0.3) is 5.57 Å². The Morgan fingerprint density at radius 1 is 0.926 bits per heavy atom. The number of anilines is 2. The molecule has 1 N–H and O–H groups in total. The summed E-state index contributed by atoms with van der Waals surface area (Å²) in [5.74, 6) is -0.727. The van der Waals surface area contributed by atoms with Crippen LogP contribution in [-0.4, -0.2) is 11.8 Å². The van der Waals surface area contributed by atoms with E-state index in [2.05, 4.69) is 5.32 Å². The Morgan fingerprint density at radius 2 is 1.67 bits per heavy atom. The zero-order valence-corrected chi connectivity index (χ0v) is 16.0. The van der Waals surface area contributed by atoms with E-state index in [1.807, 2.05) is 48.7 Å². The van der Waals surface area contributed by atoms with E-state index < -0.39 is 0 Å². The number of rotatable bonds is 4. The van der Waals surface area contributed by atoms with Crippen LogP contribution >= 0.6 is 22.9 Å². The van der Waals surface area contributed by atoms with Gasteiger partial charge in [-0.25, -0.2) is 4.90 Å². The highest BCUT2D eigenvalue weighted by atomic mass is 35.5. The van der Waals surface area contributed by atoms with Crippen LogP contribution in [0.4, 0.5) is 11.4 Å². The standard InChI is InChI=1S/C21H15ClN2O2S/c1-13-5-2-3-6-16(13)23-19-18(17-7-4-12-27-17)20(25)24(21(19)26)15-10-8-14(22)9-11-15/h2-12,23H,1H3. The highest BCUT2D eigenvalue weighted by Crippen LogP contribution is 2.36. The number of nitrogens with zero attached hydrogens (tertiary/aromatic N) is 1. The number of nitrogens with one attached hydrogen (secondary N) is 1. The molecule has 4 rings (SSSR count). The van der Waals surface area contributed by atoms with Crippen LogP contribution in [0.3, 0.4) is 0 Å². The molecule has 2 heterocycles. The van der Waals surface area contributed by atoms with Gasteiger partial charge >= 0.3 is 0 Å². The molecule has 0 spiro atoms. The molecule has 2 aromatic carbocycles. The molecule has 3 aromatic rings. The Bertz CT molecular complexity index is 1060. The monoisotopic (exact) mass is 394 g/mol. The van der Waals surface area contributed by atoms with Crippen molar-refractivity contribution in [2.24, 2.45) is 0 Å². The van der Waals surface area contributed by atoms with Gasteiger partial charge in [0, 0.05) is 15.6 Å². The van der Waals surface area contributed by atoms with Crippen LogP contribution in [0.2, 0.25) is 5.02 Å². The Labute approximate surface area is 165 Å². The van der Waals surface area contributed by atoms with E-state index in [0.29, 0.717) is 16.3 Å². The molecule has 1 aliphatic heterocycles. The molecule has 0 saturated heterocycles. The molecule has 0 unspecified atom stereocenters. The minimum atomic E-state index is -0.381. The Kier molecular flexibility index (Phi) is 4.56. The molecule has 0 bridgehead atoms. The maximum absolute atomic E-state index is 13.2. The van der Waals surface area contributed by atoms with Crippen molar-refractivity contribution in [1.29, 1.82) is 0 Å². The number of imide groups is 1. The SMILES string of the molecule is Cc1ccccc1NC1=C(c2cccs2)C(=O)N(c2ccc(Cl)cc2)C1=O. The zero-order chi connectivity index (χ0) is 19.0. The van der Waals surface area contributed by atoms with Crippen molar-refractivity contribution in [3.05, 3.63) is 87.2 Å². The van der Waals surface area contributed by atoms with E-state index in [0.717, 1.165) is 16.1 Å². The van der Waals surface area contributed by atoms with Gasteiger partial charge in [0.1, 0.15) is 5.70 Å². The van der Waals surface area contributed by atoms with Crippen LogP contribution in [0.1, 0.15) is 10.4 Å². The number of benzene rings is 2. The smallest absolute Gasteiger partial charge is 0.282 e. The topological polar surface area (TPSA) is 49.4 Å². The average molecular weight is 395 g/mol. The Morgan fingerprint density at radius 3 is 2.33 bits per heavy atom. The van der Waals surface area contributed by atoms with Crippen molar-refractivity contribution in [1.82, 2.24) is 0 Å². The second-order valence-corrected chi connectivity index (χ2v) is 7.47. The molecule has 1 aromatic heterocycles. The number of para-hydroxylation sites is 1. The van der Waals surface area contributed by atoms with Gasteiger partial charge in [-0.2, -0.15) is 0 Å². The number of halogens is 1. The van der Waals surface area contributed by atoms with Crippen LogP contribution in [0, 0.1) is 6.92 Å². The predicted octanol–water partition coefficient (Wildman–Crippen LogP) is 5.11.